The maximum absolute atomic E-state index is 12.5. The molecule has 0 spiro atoms. The van der Waals surface area contributed by atoms with Gasteiger partial charge in [0.25, 0.3) is 5.91 Å². The van der Waals surface area contributed by atoms with Gasteiger partial charge in [-0.1, -0.05) is 26.2 Å². The number of nitrogens with one attached hydrogen (secondary N) is 1. The Kier molecular flexibility index (Phi) is 6.09. The number of hydrogen-bond acceptors (Lipinski definition) is 2. The Bertz CT molecular complexity index is 484. The summed E-state index contributed by atoms with van der Waals surface area (Å²) in [6, 6.07) is 5.76. The number of methoxy groups -OCH3 is 1. The molecule has 1 saturated carbocycles. The van der Waals surface area contributed by atoms with Gasteiger partial charge in [-0.25, -0.2) is 0 Å². The molecule has 1 fully saturated rings. The molecule has 116 valence electrons. The maximum atomic E-state index is 12.5. The second kappa shape index (κ2) is 7.83. The molecule has 0 bridgehead atoms. The summed E-state index contributed by atoms with van der Waals surface area (Å²) < 4.78 is 6.01. The number of carbonyl (C=O) groups excluding carboxylic acids is 1. The SMILES string of the molecule is CCC(NC(=O)c1cc(OC)ccc1Br)C1CCCCC1. The molecule has 0 saturated heterocycles. The third-order valence-electron chi connectivity index (χ3n) is 4.39. The first kappa shape index (κ1) is 16.3. The lowest BCUT2D eigenvalue weighted by atomic mass is 9.83. The molecule has 1 aromatic carbocycles. The van der Waals surface area contributed by atoms with Crippen molar-refractivity contribution >= 4 is 21.8 Å². The minimum absolute atomic E-state index is 0.0156. The molecule has 0 radical (unpaired) electrons. The first-order chi connectivity index (χ1) is 10.2. The van der Waals surface area contributed by atoms with Crippen LogP contribution in [0.15, 0.2) is 22.7 Å². The smallest absolute Gasteiger partial charge is 0.252 e. The summed E-state index contributed by atoms with van der Waals surface area (Å²) in [6.45, 7) is 2.15. The molecular formula is C17H24BrNO2. The zero-order chi connectivity index (χ0) is 15.2. The van der Waals surface area contributed by atoms with Gasteiger partial charge in [0.15, 0.2) is 0 Å². The van der Waals surface area contributed by atoms with Gasteiger partial charge < -0.3 is 10.1 Å². The van der Waals surface area contributed by atoms with Crippen LogP contribution >= 0.6 is 15.9 Å². The Morgan fingerprint density at radius 3 is 2.71 bits per heavy atom. The summed E-state index contributed by atoms with van der Waals surface area (Å²) in [5.74, 6) is 1.31. The predicted molar refractivity (Wildman–Crippen MR) is 88.8 cm³/mol. The van der Waals surface area contributed by atoms with Crippen LogP contribution in [-0.4, -0.2) is 19.1 Å². The summed E-state index contributed by atoms with van der Waals surface area (Å²) in [5, 5.41) is 3.22. The molecule has 4 heteroatoms. The number of halogens is 1. The Balaban J connectivity index is 2.08. The fraction of sp³-hybridized carbons (Fsp3) is 0.588. The van der Waals surface area contributed by atoms with Crippen LogP contribution in [0.4, 0.5) is 0 Å². The van der Waals surface area contributed by atoms with Crippen molar-refractivity contribution in [2.75, 3.05) is 7.11 Å². The largest absolute Gasteiger partial charge is 0.497 e. The highest BCUT2D eigenvalue weighted by Gasteiger charge is 2.24. The van der Waals surface area contributed by atoms with Gasteiger partial charge in [-0.05, 0) is 59.3 Å². The highest BCUT2D eigenvalue weighted by molar-refractivity contribution is 9.10. The molecule has 1 N–H and O–H groups in total. The van der Waals surface area contributed by atoms with Gasteiger partial charge >= 0.3 is 0 Å². The van der Waals surface area contributed by atoms with Gasteiger partial charge in [0.2, 0.25) is 0 Å². The molecule has 0 aromatic heterocycles. The van der Waals surface area contributed by atoms with E-state index in [9.17, 15) is 4.79 Å². The summed E-state index contributed by atoms with van der Waals surface area (Å²) in [7, 11) is 1.61. The lowest BCUT2D eigenvalue weighted by Crippen LogP contribution is -2.40. The van der Waals surface area contributed by atoms with E-state index in [0.717, 1.165) is 10.9 Å². The van der Waals surface area contributed by atoms with Crippen molar-refractivity contribution in [3.8, 4) is 5.75 Å². The molecular weight excluding hydrogens is 330 g/mol. The minimum atomic E-state index is -0.0156. The van der Waals surface area contributed by atoms with Crippen LogP contribution in [0.5, 0.6) is 5.75 Å². The highest BCUT2D eigenvalue weighted by atomic mass is 79.9. The van der Waals surface area contributed by atoms with Crippen molar-refractivity contribution in [2.24, 2.45) is 5.92 Å². The molecule has 1 aromatic rings. The van der Waals surface area contributed by atoms with Gasteiger partial charge in [0, 0.05) is 10.5 Å². The lowest BCUT2D eigenvalue weighted by Gasteiger charge is -2.30. The normalized spacial score (nSPS) is 17.3. The van der Waals surface area contributed by atoms with E-state index >= 15 is 0 Å². The summed E-state index contributed by atoms with van der Waals surface area (Å²) in [5.41, 5.74) is 0.642. The van der Waals surface area contributed by atoms with Crippen molar-refractivity contribution in [1.82, 2.24) is 5.32 Å². The topological polar surface area (TPSA) is 38.3 Å². The zero-order valence-corrected chi connectivity index (χ0v) is 14.4. The van der Waals surface area contributed by atoms with Crippen LogP contribution in [-0.2, 0) is 0 Å². The van der Waals surface area contributed by atoms with E-state index < -0.39 is 0 Å². The van der Waals surface area contributed by atoms with Crippen LogP contribution in [0.1, 0.15) is 55.8 Å². The molecule has 2 rings (SSSR count). The number of ether oxygens (including phenoxy) is 1. The minimum Gasteiger partial charge on any atom is -0.497 e. The van der Waals surface area contributed by atoms with Crippen LogP contribution in [0.3, 0.4) is 0 Å². The fourth-order valence-corrected chi connectivity index (χ4v) is 3.57. The van der Waals surface area contributed by atoms with E-state index in [4.69, 9.17) is 4.74 Å². The predicted octanol–water partition coefficient (Wildman–Crippen LogP) is 4.55. The number of rotatable bonds is 5. The Hall–Kier alpha value is -1.03. The van der Waals surface area contributed by atoms with Gasteiger partial charge in [-0.2, -0.15) is 0 Å². The van der Waals surface area contributed by atoms with Crippen molar-refractivity contribution in [3.63, 3.8) is 0 Å². The van der Waals surface area contributed by atoms with E-state index in [-0.39, 0.29) is 11.9 Å². The van der Waals surface area contributed by atoms with Gasteiger partial charge in [0.1, 0.15) is 5.75 Å². The number of amides is 1. The lowest BCUT2D eigenvalue weighted by molar-refractivity contribution is 0.0910. The molecule has 1 atom stereocenters. The average Bonchev–Trinajstić information content (AvgIpc) is 2.53. The third-order valence-corrected chi connectivity index (χ3v) is 5.08. The molecule has 0 heterocycles. The molecule has 1 amide bonds. The molecule has 1 unspecified atom stereocenters. The van der Waals surface area contributed by atoms with E-state index in [1.807, 2.05) is 12.1 Å². The average molecular weight is 354 g/mol. The van der Waals surface area contributed by atoms with Gasteiger partial charge in [-0.15, -0.1) is 0 Å². The van der Waals surface area contributed by atoms with E-state index in [1.165, 1.54) is 32.1 Å². The van der Waals surface area contributed by atoms with E-state index in [0.29, 0.717) is 17.2 Å². The van der Waals surface area contributed by atoms with Gasteiger partial charge in [-0.3, -0.25) is 4.79 Å². The highest BCUT2D eigenvalue weighted by Crippen LogP contribution is 2.28. The quantitative estimate of drug-likeness (QED) is 0.843. The Labute approximate surface area is 135 Å². The van der Waals surface area contributed by atoms with Crippen LogP contribution in [0, 0.1) is 5.92 Å². The summed E-state index contributed by atoms with van der Waals surface area (Å²) in [6.07, 6.45) is 7.37. The number of carbonyl (C=O) groups is 1. The molecule has 1 aliphatic carbocycles. The van der Waals surface area contributed by atoms with E-state index in [2.05, 4.69) is 28.2 Å². The monoisotopic (exact) mass is 353 g/mol. The Morgan fingerprint density at radius 1 is 1.38 bits per heavy atom. The standard InChI is InChI=1S/C17H24BrNO2/c1-3-16(12-7-5-4-6-8-12)19-17(20)14-11-13(21-2)9-10-15(14)18/h9-12,16H,3-8H2,1-2H3,(H,19,20). The van der Waals surface area contributed by atoms with Crippen molar-refractivity contribution < 1.29 is 9.53 Å². The molecule has 21 heavy (non-hydrogen) atoms. The molecule has 3 nitrogen and oxygen atoms in total. The number of hydrogen-bond donors (Lipinski definition) is 1. The third kappa shape index (κ3) is 4.22. The molecule has 0 aliphatic heterocycles. The van der Waals surface area contributed by atoms with Crippen LogP contribution < -0.4 is 10.1 Å². The van der Waals surface area contributed by atoms with Gasteiger partial charge in [0.05, 0.1) is 12.7 Å². The van der Waals surface area contributed by atoms with Crippen molar-refractivity contribution in [1.29, 1.82) is 0 Å². The summed E-state index contributed by atoms with van der Waals surface area (Å²) >= 11 is 3.45. The van der Waals surface area contributed by atoms with E-state index in [1.54, 1.807) is 13.2 Å². The van der Waals surface area contributed by atoms with Crippen molar-refractivity contribution in [2.45, 2.75) is 51.5 Å². The second-order valence-corrected chi connectivity index (χ2v) is 6.59. The second-order valence-electron chi connectivity index (χ2n) is 5.73. The fourth-order valence-electron chi connectivity index (χ4n) is 3.14. The van der Waals surface area contributed by atoms with Crippen LogP contribution in [0.2, 0.25) is 0 Å². The summed E-state index contributed by atoms with van der Waals surface area (Å²) in [4.78, 5) is 12.5. The first-order valence-electron chi connectivity index (χ1n) is 7.80. The number of benzene rings is 1. The zero-order valence-electron chi connectivity index (χ0n) is 12.8. The molecule has 1 aliphatic rings. The maximum Gasteiger partial charge on any atom is 0.252 e. The van der Waals surface area contributed by atoms with Crippen molar-refractivity contribution in [3.05, 3.63) is 28.2 Å². The van der Waals surface area contributed by atoms with Crippen LogP contribution in [0.25, 0.3) is 0 Å². The Morgan fingerprint density at radius 2 is 2.10 bits per heavy atom. The first-order valence-corrected chi connectivity index (χ1v) is 8.59.